The van der Waals surface area contributed by atoms with Crippen LogP contribution in [0.3, 0.4) is 0 Å². The van der Waals surface area contributed by atoms with Gasteiger partial charge in [-0.15, -0.1) is 0 Å². The molecule has 3 aromatic heterocycles. The lowest BCUT2D eigenvalue weighted by Crippen LogP contribution is -2.07. The standard InChI is InChI=1S/C17H13ClF3N5.C16H13Cl2N5.C16H13ClFN5.CH4/c1-9-2-5-11(6-3-9)23-16-25-14(24-15(22)26-16)12-8-10(17(19,20)21)4-7-13(12)18;2*1-9-2-5-11(6-3-9)20-16-22-14(21-15(19)23-16)12-8-10(17)4-7-13(12)18;/h2-8H,1H3,(H3,22,23,24,25,26);2*2-8H,1H3,(H3,19,20,21,22,23);1H4. The van der Waals surface area contributed by atoms with Crippen LogP contribution in [-0.4, -0.2) is 44.9 Å². The van der Waals surface area contributed by atoms with Gasteiger partial charge in [-0.25, -0.2) is 4.39 Å². The first-order valence-electron chi connectivity index (χ1n) is 21.1. The molecule has 0 spiro atoms. The van der Waals surface area contributed by atoms with Crippen LogP contribution in [0, 0.1) is 26.6 Å². The Hall–Kier alpha value is -7.97. The summed E-state index contributed by atoms with van der Waals surface area (Å²) in [5.74, 6) is 0.562. The Balaban J connectivity index is 0.000000178. The zero-order chi connectivity index (χ0) is 51.7. The van der Waals surface area contributed by atoms with Gasteiger partial charge in [0.2, 0.25) is 35.7 Å². The quantitative estimate of drug-likeness (QED) is 0.0738. The lowest BCUT2D eigenvalue weighted by Gasteiger charge is -2.11. The van der Waals surface area contributed by atoms with Crippen molar-refractivity contribution >= 4 is 99.2 Å². The molecule has 3 heterocycles. The number of alkyl halides is 3. The number of nitrogens with one attached hydrogen (secondary N) is 3. The number of anilines is 9. The van der Waals surface area contributed by atoms with Gasteiger partial charge in [0, 0.05) is 38.2 Å². The third kappa shape index (κ3) is 15.3. The number of nitrogens with zero attached hydrogens (tertiary/aromatic N) is 9. The summed E-state index contributed by atoms with van der Waals surface area (Å²) in [6, 6.07) is 35.0. The van der Waals surface area contributed by atoms with Gasteiger partial charge in [-0.1, -0.05) is 107 Å². The van der Waals surface area contributed by atoms with E-state index >= 15 is 0 Å². The number of hydrogen-bond donors (Lipinski definition) is 6. The van der Waals surface area contributed by atoms with Crippen molar-refractivity contribution in [3.8, 4) is 34.2 Å². The first kappa shape index (κ1) is 54.4. The van der Waals surface area contributed by atoms with Crippen molar-refractivity contribution in [2.24, 2.45) is 0 Å². The molecular weight excluding hydrogens is 1030 g/mol. The van der Waals surface area contributed by atoms with Crippen molar-refractivity contribution in [3.63, 3.8) is 0 Å². The van der Waals surface area contributed by atoms with Gasteiger partial charge in [-0.05, 0) is 112 Å². The van der Waals surface area contributed by atoms with E-state index in [1.165, 1.54) is 18.2 Å². The smallest absolute Gasteiger partial charge is 0.368 e. The van der Waals surface area contributed by atoms with Crippen molar-refractivity contribution in [3.05, 3.63) is 176 Å². The molecule has 6 aromatic carbocycles. The maximum atomic E-state index is 14.0. The monoisotopic (exact) mass is 1070 g/mol. The molecule has 73 heavy (non-hydrogen) atoms. The number of aryl methyl sites for hydroxylation is 3. The molecule has 9 rings (SSSR count). The van der Waals surface area contributed by atoms with E-state index in [0.717, 1.165) is 46.3 Å². The summed E-state index contributed by atoms with van der Waals surface area (Å²) in [5, 5.41) is 10.5. The zero-order valence-corrected chi connectivity index (χ0v) is 40.9. The molecule has 0 atom stereocenters. The normalized spacial score (nSPS) is 10.7. The SMILES string of the molecule is C.Cc1ccc(Nc2nc(N)nc(-c3cc(C(F)(F)F)ccc3Cl)n2)cc1.Cc1ccc(Nc2nc(N)nc(-c3cc(Cl)ccc3Cl)n2)cc1.Cc1ccc(Nc2nc(N)nc(-c3cc(Cl)ccc3F)n2)cc1. The van der Waals surface area contributed by atoms with E-state index in [1.54, 1.807) is 18.2 Å². The van der Waals surface area contributed by atoms with E-state index < -0.39 is 17.6 Å². The van der Waals surface area contributed by atoms with Crippen molar-refractivity contribution in [1.29, 1.82) is 0 Å². The van der Waals surface area contributed by atoms with Gasteiger partial charge >= 0.3 is 6.18 Å². The lowest BCUT2D eigenvalue weighted by atomic mass is 10.1. The summed E-state index contributed by atoms with van der Waals surface area (Å²) in [7, 11) is 0. The van der Waals surface area contributed by atoms with Crippen molar-refractivity contribution in [1.82, 2.24) is 44.9 Å². The molecule has 0 saturated carbocycles. The molecule has 0 saturated heterocycles. The molecule has 374 valence electrons. The van der Waals surface area contributed by atoms with Gasteiger partial charge in [-0.3, -0.25) is 0 Å². The molecule has 0 radical (unpaired) electrons. The number of rotatable bonds is 9. The highest BCUT2D eigenvalue weighted by Crippen LogP contribution is 2.36. The van der Waals surface area contributed by atoms with E-state index in [1.807, 2.05) is 93.6 Å². The Kier molecular flexibility index (Phi) is 17.8. The Morgan fingerprint density at radius 2 is 0.740 bits per heavy atom. The Morgan fingerprint density at radius 1 is 0.411 bits per heavy atom. The van der Waals surface area contributed by atoms with Gasteiger partial charge < -0.3 is 33.2 Å². The van der Waals surface area contributed by atoms with Crippen LogP contribution < -0.4 is 33.2 Å². The second kappa shape index (κ2) is 24.0. The molecule has 9 N–H and O–H groups in total. The van der Waals surface area contributed by atoms with Crippen LogP contribution in [0.1, 0.15) is 29.7 Å². The largest absolute Gasteiger partial charge is 0.416 e. The predicted molar refractivity (Wildman–Crippen MR) is 284 cm³/mol. The average Bonchev–Trinajstić information content (AvgIpc) is 3.32. The summed E-state index contributed by atoms with van der Waals surface area (Å²) < 4.78 is 52.9. The highest BCUT2D eigenvalue weighted by atomic mass is 35.5. The average molecular weight is 1070 g/mol. The molecule has 0 aliphatic carbocycles. The van der Waals surface area contributed by atoms with Crippen LogP contribution in [0.5, 0.6) is 0 Å². The highest BCUT2D eigenvalue weighted by molar-refractivity contribution is 6.35. The summed E-state index contributed by atoms with van der Waals surface area (Å²) in [6.07, 6.45) is -4.51. The molecule has 9 aromatic rings. The van der Waals surface area contributed by atoms with Gasteiger partial charge in [0.05, 0.1) is 21.2 Å². The molecule has 0 unspecified atom stereocenters. The fourth-order valence-corrected chi connectivity index (χ4v) is 6.96. The third-order valence-corrected chi connectivity index (χ3v) is 10.9. The van der Waals surface area contributed by atoms with Crippen LogP contribution in [0.2, 0.25) is 20.1 Å². The fraction of sp³-hybridized carbons (Fsp3) is 0.100. The highest BCUT2D eigenvalue weighted by Gasteiger charge is 2.31. The van der Waals surface area contributed by atoms with E-state index in [9.17, 15) is 17.6 Å². The topological polar surface area (TPSA) is 230 Å². The minimum Gasteiger partial charge on any atom is -0.368 e. The first-order chi connectivity index (χ1) is 34.2. The molecule has 0 amide bonds. The van der Waals surface area contributed by atoms with Crippen LogP contribution in [0.15, 0.2) is 127 Å². The number of halogens is 8. The fourth-order valence-electron chi connectivity index (χ4n) is 6.21. The zero-order valence-electron chi connectivity index (χ0n) is 37.9. The Labute approximate surface area is 436 Å². The molecule has 15 nitrogen and oxygen atoms in total. The molecule has 0 aliphatic heterocycles. The maximum absolute atomic E-state index is 14.0. The second-order valence-corrected chi connectivity index (χ2v) is 17.1. The van der Waals surface area contributed by atoms with Crippen LogP contribution in [-0.2, 0) is 6.18 Å². The number of hydrogen-bond acceptors (Lipinski definition) is 15. The predicted octanol–water partition coefficient (Wildman–Crippen LogP) is 13.9. The molecule has 0 fully saturated rings. The van der Waals surface area contributed by atoms with Crippen molar-refractivity contribution < 1.29 is 17.6 Å². The first-order valence-corrected chi connectivity index (χ1v) is 22.6. The van der Waals surface area contributed by atoms with E-state index in [0.29, 0.717) is 38.1 Å². The number of aromatic nitrogens is 9. The van der Waals surface area contributed by atoms with Crippen molar-refractivity contribution in [2.45, 2.75) is 34.4 Å². The summed E-state index contributed by atoms with van der Waals surface area (Å²) in [6.45, 7) is 5.95. The lowest BCUT2D eigenvalue weighted by molar-refractivity contribution is -0.137. The summed E-state index contributed by atoms with van der Waals surface area (Å²) >= 11 is 24.1. The Bertz CT molecular complexity index is 3210. The van der Waals surface area contributed by atoms with Crippen LogP contribution in [0.25, 0.3) is 34.2 Å². The number of nitrogens with two attached hydrogens (primary N) is 3. The van der Waals surface area contributed by atoms with Gasteiger partial charge in [0.15, 0.2) is 17.5 Å². The number of nitrogen functional groups attached to an aromatic ring is 3. The van der Waals surface area contributed by atoms with Crippen LogP contribution in [0.4, 0.5) is 70.3 Å². The molecule has 0 bridgehead atoms. The molecule has 23 heteroatoms. The van der Waals surface area contributed by atoms with E-state index in [2.05, 4.69) is 60.8 Å². The van der Waals surface area contributed by atoms with Crippen LogP contribution >= 0.6 is 46.4 Å². The Morgan fingerprint density at radius 3 is 1.12 bits per heavy atom. The molecule has 0 aliphatic rings. The van der Waals surface area contributed by atoms with Gasteiger partial charge in [0.25, 0.3) is 0 Å². The second-order valence-electron chi connectivity index (χ2n) is 15.4. The minimum absolute atomic E-state index is 0. The number of benzene rings is 6. The van der Waals surface area contributed by atoms with E-state index in [-0.39, 0.29) is 65.0 Å². The third-order valence-electron chi connectivity index (χ3n) is 9.75. The van der Waals surface area contributed by atoms with Crippen molar-refractivity contribution in [2.75, 3.05) is 33.2 Å². The minimum atomic E-state index is -4.51. The molecular formula is C50H43Cl4F4N15. The van der Waals surface area contributed by atoms with Gasteiger partial charge in [0.1, 0.15) is 5.82 Å². The summed E-state index contributed by atoms with van der Waals surface area (Å²) in [5.41, 5.74) is 22.8. The van der Waals surface area contributed by atoms with Gasteiger partial charge in [-0.2, -0.15) is 58.0 Å². The van der Waals surface area contributed by atoms with E-state index in [4.69, 9.17) is 63.6 Å². The maximum Gasteiger partial charge on any atom is 0.416 e. The summed E-state index contributed by atoms with van der Waals surface area (Å²) in [4.78, 5) is 36.8.